The third-order valence-electron chi connectivity index (χ3n) is 3.66. The van der Waals surface area contributed by atoms with Crippen molar-refractivity contribution >= 4 is 46.5 Å². The minimum Gasteiger partial charge on any atom is -0.449 e. The first-order chi connectivity index (χ1) is 13.8. The van der Waals surface area contributed by atoms with Crippen LogP contribution in [-0.2, 0) is 15.7 Å². The van der Waals surface area contributed by atoms with Crippen LogP contribution in [-0.4, -0.2) is 22.9 Å². The number of amides is 1. The van der Waals surface area contributed by atoms with Crippen LogP contribution in [0.4, 0.5) is 28.9 Å². The number of halogens is 6. The maximum atomic E-state index is 13.5. The van der Waals surface area contributed by atoms with Crippen LogP contribution in [0.2, 0.25) is 10.0 Å². The molecule has 0 saturated heterocycles. The third-order valence-corrected chi connectivity index (χ3v) is 4.26. The van der Waals surface area contributed by atoms with Gasteiger partial charge in [0.05, 0.1) is 31.8 Å². The molecule has 0 aromatic heterocycles. The second-order valence-electron chi connectivity index (χ2n) is 5.77. The summed E-state index contributed by atoms with van der Waals surface area (Å²) < 4.78 is 57.8. The summed E-state index contributed by atoms with van der Waals surface area (Å²) in [6, 6.07) is 3.32. The number of hydrogen-bond donors (Lipinski definition) is 1. The van der Waals surface area contributed by atoms with Gasteiger partial charge in [-0.3, -0.25) is 14.9 Å². The number of ether oxygens (including phenoxy) is 1. The highest BCUT2D eigenvalue weighted by Gasteiger charge is 2.36. The number of esters is 1. The highest BCUT2D eigenvalue weighted by molar-refractivity contribution is 6.36. The minimum absolute atomic E-state index is 0.253. The summed E-state index contributed by atoms with van der Waals surface area (Å²) in [6.07, 6.45) is -6.63. The molecule has 1 unspecified atom stereocenters. The summed E-state index contributed by atoms with van der Waals surface area (Å²) in [5.74, 6) is -3.38. The van der Waals surface area contributed by atoms with E-state index in [-0.39, 0.29) is 16.1 Å². The number of hydrogen-bond acceptors (Lipinski definition) is 5. The molecule has 2 aromatic carbocycles. The zero-order valence-electron chi connectivity index (χ0n) is 14.7. The molecule has 1 N–H and O–H groups in total. The van der Waals surface area contributed by atoms with Crippen LogP contribution < -0.4 is 5.32 Å². The van der Waals surface area contributed by atoms with Gasteiger partial charge in [-0.05, 0) is 25.1 Å². The summed E-state index contributed by atoms with van der Waals surface area (Å²) in [4.78, 5) is 33.9. The fraction of sp³-hybridized carbons (Fsp3) is 0.176. The first-order valence-corrected chi connectivity index (χ1v) is 8.59. The average Bonchev–Trinajstić information content (AvgIpc) is 2.63. The SMILES string of the molecule is CC(OC(=O)c1cc(F)c(Cl)cc1Cl)C(=O)Nc1ccc([N+](=O)[O-])cc1C(F)(F)F. The molecule has 0 radical (unpaired) electrons. The maximum Gasteiger partial charge on any atom is 0.418 e. The first kappa shape index (κ1) is 23.4. The molecule has 0 aliphatic carbocycles. The van der Waals surface area contributed by atoms with E-state index in [0.717, 1.165) is 19.1 Å². The number of rotatable bonds is 5. The predicted octanol–water partition coefficient (Wildman–Crippen LogP) is 5.24. The van der Waals surface area contributed by atoms with Gasteiger partial charge in [0.25, 0.3) is 11.6 Å². The second-order valence-corrected chi connectivity index (χ2v) is 6.58. The fourth-order valence-corrected chi connectivity index (χ4v) is 2.64. The summed E-state index contributed by atoms with van der Waals surface area (Å²) in [6.45, 7) is 1.05. The fourth-order valence-electron chi connectivity index (χ4n) is 2.18. The van der Waals surface area contributed by atoms with Crippen molar-refractivity contribution in [3.8, 4) is 0 Å². The number of nitro groups is 1. The number of nitrogens with one attached hydrogen (secondary N) is 1. The molecule has 0 saturated carbocycles. The monoisotopic (exact) mass is 468 g/mol. The molecule has 0 aliphatic rings. The van der Waals surface area contributed by atoms with Gasteiger partial charge in [0.15, 0.2) is 6.10 Å². The van der Waals surface area contributed by atoms with Crippen LogP contribution in [0.5, 0.6) is 0 Å². The van der Waals surface area contributed by atoms with Gasteiger partial charge in [0.1, 0.15) is 5.82 Å². The largest absolute Gasteiger partial charge is 0.449 e. The number of nitro benzene ring substituents is 1. The summed E-state index contributed by atoms with van der Waals surface area (Å²) >= 11 is 11.3. The van der Waals surface area contributed by atoms with E-state index >= 15 is 0 Å². The molecule has 30 heavy (non-hydrogen) atoms. The lowest BCUT2D eigenvalue weighted by Crippen LogP contribution is -2.31. The lowest BCUT2D eigenvalue weighted by Gasteiger charge is -2.17. The summed E-state index contributed by atoms with van der Waals surface area (Å²) in [5, 5.41) is 12.0. The molecule has 1 amide bonds. The van der Waals surface area contributed by atoms with Crippen LogP contribution >= 0.6 is 23.2 Å². The molecular formula is C17H10Cl2F4N2O5. The Morgan fingerprint density at radius 3 is 2.37 bits per heavy atom. The Hall–Kier alpha value is -2.92. The Morgan fingerprint density at radius 2 is 1.80 bits per heavy atom. The van der Waals surface area contributed by atoms with Crippen molar-refractivity contribution in [3.63, 3.8) is 0 Å². The molecule has 1 atom stereocenters. The molecule has 7 nitrogen and oxygen atoms in total. The van der Waals surface area contributed by atoms with E-state index in [0.29, 0.717) is 12.1 Å². The van der Waals surface area contributed by atoms with Gasteiger partial charge in [-0.2, -0.15) is 13.2 Å². The van der Waals surface area contributed by atoms with Gasteiger partial charge >= 0.3 is 12.1 Å². The molecule has 0 fully saturated rings. The van der Waals surface area contributed by atoms with Crippen LogP contribution in [0.25, 0.3) is 0 Å². The molecule has 2 rings (SSSR count). The van der Waals surface area contributed by atoms with Gasteiger partial charge in [0.2, 0.25) is 0 Å². The Bertz CT molecular complexity index is 1030. The normalized spacial score (nSPS) is 12.2. The van der Waals surface area contributed by atoms with E-state index in [1.54, 1.807) is 0 Å². The van der Waals surface area contributed by atoms with E-state index < -0.39 is 57.4 Å². The first-order valence-electron chi connectivity index (χ1n) is 7.83. The van der Waals surface area contributed by atoms with Gasteiger partial charge < -0.3 is 10.1 Å². The Morgan fingerprint density at radius 1 is 1.17 bits per heavy atom. The summed E-state index contributed by atoms with van der Waals surface area (Å²) in [5.41, 5.74) is -3.54. The van der Waals surface area contributed by atoms with Crippen LogP contribution in [0.1, 0.15) is 22.8 Å². The van der Waals surface area contributed by atoms with Crippen molar-refractivity contribution < 1.29 is 36.8 Å². The molecule has 13 heteroatoms. The number of anilines is 1. The highest BCUT2D eigenvalue weighted by atomic mass is 35.5. The van der Waals surface area contributed by atoms with Crippen molar-refractivity contribution in [1.29, 1.82) is 0 Å². The highest BCUT2D eigenvalue weighted by Crippen LogP contribution is 2.37. The topological polar surface area (TPSA) is 98.5 Å². The second kappa shape index (κ2) is 8.84. The smallest absolute Gasteiger partial charge is 0.418 e. The predicted molar refractivity (Wildman–Crippen MR) is 98.0 cm³/mol. The van der Waals surface area contributed by atoms with Crippen LogP contribution in [0.3, 0.4) is 0 Å². The number of benzene rings is 2. The molecule has 0 spiro atoms. The zero-order chi connectivity index (χ0) is 22.8. The van der Waals surface area contributed by atoms with Gasteiger partial charge in [-0.1, -0.05) is 23.2 Å². The lowest BCUT2D eigenvalue weighted by atomic mass is 10.1. The van der Waals surface area contributed by atoms with Gasteiger partial charge in [0, 0.05) is 12.1 Å². The number of non-ortho nitro benzene ring substituents is 1. The van der Waals surface area contributed by atoms with Crippen LogP contribution in [0, 0.1) is 15.9 Å². The number of carbonyl (C=O) groups excluding carboxylic acids is 2. The van der Waals surface area contributed by atoms with E-state index in [9.17, 15) is 37.3 Å². The lowest BCUT2D eigenvalue weighted by molar-refractivity contribution is -0.385. The zero-order valence-corrected chi connectivity index (χ0v) is 16.2. The Labute approximate surface area is 175 Å². The van der Waals surface area contributed by atoms with E-state index in [4.69, 9.17) is 27.9 Å². The Kier molecular flexibility index (Phi) is 6.88. The minimum atomic E-state index is -5.01. The molecule has 0 bridgehead atoms. The van der Waals surface area contributed by atoms with Crippen molar-refractivity contribution in [1.82, 2.24) is 0 Å². The van der Waals surface area contributed by atoms with Crippen LogP contribution in [0.15, 0.2) is 30.3 Å². The quantitative estimate of drug-likeness (QED) is 0.212. The van der Waals surface area contributed by atoms with E-state index in [1.807, 2.05) is 5.32 Å². The van der Waals surface area contributed by atoms with Gasteiger partial charge in [-0.25, -0.2) is 9.18 Å². The van der Waals surface area contributed by atoms with E-state index in [1.165, 1.54) is 0 Å². The number of alkyl halides is 3. The molecule has 2 aromatic rings. The van der Waals surface area contributed by atoms with Gasteiger partial charge in [-0.15, -0.1) is 0 Å². The standard InChI is InChI=1S/C17H10Cl2F4N2O5/c1-7(30-16(27)9-5-13(20)12(19)6-11(9)18)15(26)24-14-3-2-8(25(28)29)4-10(14)17(21,22)23/h2-7H,1H3,(H,24,26). The van der Waals surface area contributed by atoms with Crippen molar-refractivity contribution in [2.45, 2.75) is 19.2 Å². The summed E-state index contributed by atoms with van der Waals surface area (Å²) in [7, 11) is 0. The van der Waals surface area contributed by atoms with Crippen molar-refractivity contribution in [2.24, 2.45) is 0 Å². The van der Waals surface area contributed by atoms with Crippen molar-refractivity contribution in [2.75, 3.05) is 5.32 Å². The molecular weight excluding hydrogens is 459 g/mol. The average molecular weight is 469 g/mol. The molecule has 0 heterocycles. The van der Waals surface area contributed by atoms with E-state index in [2.05, 4.69) is 0 Å². The molecule has 160 valence electrons. The molecule has 0 aliphatic heterocycles. The number of nitrogens with zero attached hydrogens (tertiary/aromatic N) is 1. The number of carbonyl (C=O) groups is 2. The maximum absolute atomic E-state index is 13.5. The third kappa shape index (κ3) is 5.36. The van der Waals surface area contributed by atoms with Crippen molar-refractivity contribution in [3.05, 3.63) is 67.4 Å². The Balaban J connectivity index is 2.21.